The maximum absolute atomic E-state index is 11.9. The first-order valence-corrected chi connectivity index (χ1v) is 6.28. The Morgan fingerprint density at radius 2 is 1.84 bits per heavy atom. The van der Waals surface area contributed by atoms with E-state index >= 15 is 0 Å². The number of carbonyl (C=O) groups excluding carboxylic acids is 1. The van der Waals surface area contributed by atoms with Crippen LogP contribution in [0.25, 0.3) is 0 Å². The van der Waals surface area contributed by atoms with Gasteiger partial charge in [0.1, 0.15) is 11.5 Å². The van der Waals surface area contributed by atoms with E-state index in [1.54, 1.807) is 38.5 Å². The molecule has 5 heteroatoms. The third kappa shape index (κ3) is 5.18. The highest BCUT2D eigenvalue weighted by molar-refractivity contribution is 5.81. The lowest BCUT2D eigenvalue weighted by Gasteiger charge is -2.17. The van der Waals surface area contributed by atoms with Crippen LogP contribution in [0.3, 0.4) is 0 Å². The number of nitrogens with one attached hydrogen (secondary N) is 1. The molecule has 0 aliphatic rings. The zero-order valence-electron chi connectivity index (χ0n) is 11.6. The molecule has 0 aromatic heterocycles. The largest absolute Gasteiger partial charge is 0.497 e. The molecule has 0 saturated carbocycles. The molecule has 0 bridgehead atoms. The Balaban J connectivity index is 2.52. The van der Waals surface area contributed by atoms with Gasteiger partial charge < -0.3 is 19.5 Å². The molecule has 1 amide bonds. The zero-order valence-corrected chi connectivity index (χ0v) is 11.6. The summed E-state index contributed by atoms with van der Waals surface area (Å²) in [6.07, 6.45) is 0.107. The van der Waals surface area contributed by atoms with Gasteiger partial charge in [-0.25, -0.2) is 0 Å². The predicted molar refractivity (Wildman–Crippen MR) is 72.6 cm³/mol. The summed E-state index contributed by atoms with van der Waals surface area (Å²) in [6, 6.07) is 7.16. The molecule has 0 spiro atoms. The molecule has 1 aromatic carbocycles. The summed E-state index contributed by atoms with van der Waals surface area (Å²) in [5, 5.41) is 2.76. The van der Waals surface area contributed by atoms with Crippen LogP contribution < -0.4 is 14.8 Å². The van der Waals surface area contributed by atoms with E-state index in [4.69, 9.17) is 14.2 Å². The molecule has 1 rings (SSSR count). The molecule has 106 valence electrons. The first-order chi connectivity index (χ1) is 9.21. The molecular formula is C14H21NO4. The van der Waals surface area contributed by atoms with E-state index in [9.17, 15) is 4.79 Å². The van der Waals surface area contributed by atoms with Crippen LogP contribution in [-0.4, -0.2) is 39.4 Å². The van der Waals surface area contributed by atoms with Crippen molar-refractivity contribution in [3.63, 3.8) is 0 Å². The summed E-state index contributed by atoms with van der Waals surface area (Å²) >= 11 is 0. The van der Waals surface area contributed by atoms with E-state index in [0.717, 1.165) is 5.75 Å². The topological polar surface area (TPSA) is 56.8 Å². The minimum absolute atomic E-state index is 0.129. The van der Waals surface area contributed by atoms with Crippen molar-refractivity contribution in [2.45, 2.75) is 19.4 Å². The Kier molecular flexibility index (Phi) is 6.74. The highest BCUT2D eigenvalue weighted by atomic mass is 16.5. The van der Waals surface area contributed by atoms with Crippen molar-refractivity contribution < 1.29 is 19.0 Å². The van der Waals surface area contributed by atoms with Gasteiger partial charge in [0.2, 0.25) is 0 Å². The van der Waals surface area contributed by atoms with Crippen LogP contribution in [0.15, 0.2) is 24.3 Å². The summed E-state index contributed by atoms with van der Waals surface area (Å²) < 4.78 is 15.6. The lowest BCUT2D eigenvalue weighted by Crippen LogP contribution is -2.39. The highest BCUT2D eigenvalue weighted by Gasteiger charge is 2.17. The Hall–Kier alpha value is -1.75. The van der Waals surface area contributed by atoms with Gasteiger partial charge >= 0.3 is 0 Å². The monoisotopic (exact) mass is 267 g/mol. The van der Waals surface area contributed by atoms with Crippen LogP contribution in [0, 0.1) is 0 Å². The molecular weight excluding hydrogens is 246 g/mol. The smallest absolute Gasteiger partial charge is 0.261 e. The molecule has 0 unspecified atom stereocenters. The van der Waals surface area contributed by atoms with E-state index in [1.807, 2.05) is 6.92 Å². The van der Waals surface area contributed by atoms with Gasteiger partial charge in [0.15, 0.2) is 6.10 Å². The molecule has 1 N–H and O–H groups in total. The van der Waals surface area contributed by atoms with Crippen molar-refractivity contribution in [2.24, 2.45) is 0 Å². The molecule has 1 atom stereocenters. The Morgan fingerprint density at radius 3 is 2.37 bits per heavy atom. The number of amides is 1. The van der Waals surface area contributed by atoms with Crippen LogP contribution >= 0.6 is 0 Å². The van der Waals surface area contributed by atoms with Gasteiger partial charge in [0.25, 0.3) is 5.91 Å². The van der Waals surface area contributed by atoms with Crippen LogP contribution in [-0.2, 0) is 9.53 Å². The number of rotatable bonds is 8. The van der Waals surface area contributed by atoms with E-state index in [0.29, 0.717) is 25.3 Å². The number of ether oxygens (including phenoxy) is 3. The fourth-order valence-electron chi connectivity index (χ4n) is 1.53. The van der Waals surface area contributed by atoms with Crippen molar-refractivity contribution >= 4 is 5.91 Å². The van der Waals surface area contributed by atoms with Gasteiger partial charge in [0.05, 0.1) is 13.7 Å². The Bertz CT molecular complexity index is 378. The Morgan fingerprint density at radius 1 is 1.21 bits per heavy atom. The van der Waals surface area contributed by atoms with E-state index < -0.39 is 6.10 Å². The van der Waals surface area contributed by atoms with Crippen LogP contribution in [0.5, 0.6) is 11.5 Å². The molecule has 5 nitrogen and oxygen atoms in total. The maximum atomic E-state index is 11.9. The second kappa shape index (κ2) is 8.37. The first-order valence-electron chi connectivity index (χ1n) is 6.28. The molecule has 0 aliphatic carbocycles. The number of benzene rings is 1. The molecule has 1 aromatic rings. The summed E-state index contributed by atoms with van der Waals surface area (Å²) in [5.74, 6) is 1.27. The maximum Gasteiger partial charge on any atom is 0.261 e. The van der Waals surface area contributed by atoms with Gasteiger partial charge in [-0.15, -0.1) is 0 Å². The van der Waals surface area contributed by atoms with E-state index in [-0.39, 0.29) is 5.91 Å². The minimum atomic E-state index is -0.495. The minimum Gasteiger partial charge on any atom is -0.497 e. The van der Waals surface area contributed by atoms with Crippen LogP contribution in [0.4, 0.5) is 0 Å². The first kappa shape index (κ1) is 15.3. The molecule has 0 aliphatic heterocycles. The molecule has 0 saturated heterocycles. The number of hydrogen-bond donors (Lipinski definition) is 1. The van der Waals surface area contributed by atoms with Crippen molar-refractivity contribution in [1.29, 1.82) is 0 Å². The van der Waals surface area contributed by atoms with Gasteiger partial charge in [0, 0.05) is 13.7 Å². The lowest BCUT2D eigenvalue weighted by molar-refractivity contribution is -0.128. The van der Waals surface area contributed by atoms with Crippen molar-refractivity contribution in [2.75, 3.05) is 27.4 Å². The third-order valence-corrected chi connectivity index (χ3v) is 2.61. The zero-order chi connectivity index (χ0) is 14.1. The van der Waals surface area contributed by atoms with Gasteiger partial charge in [-0.1, -0.05) is 6.92 Å². The quantitative estimate of drug-likeness (QED) is 0.727. The standard InChI is InChI=1S/C14H21NO4/c1-4-13(14(16)15-9-10-17-2)19-12-7-5-11(18-3)6-8-12/h5-8,13H,4,9-10H2,1-3H3,(H,15,16)/t13-/m1/s1. The second-order valence-electron chi connectivity index (χ2n) is 3.97. The summed E-state index contributed by atoms with van der Waals surface area (Å²) in [4.78, 5) is 11.9. The normalized spacial score (nSPS) is 11.7. The van der Waals surface area contributed by atoms with E-state index in [1.165, 1.54) is 0 Å². The fraction of sp³-hybridized carbons (Fsp3) is 0.500. The highest BCUT2D eigenvalue weighted by Crippen LogP contribution is 2.18. The predicted octanol–water partition coefficient (Wildman–Crippen LogP) is 1.62. The summed E-state index contributed by atoms with van der Waals surface area (Å²) in [5.41, 5.74) is 0. The number of hydrogen-bond acceptors (Lipinski definition) is 4. The molecule has 0 heterocycles. The van der Waals surface area contributed by atoms with Crippen molar-refractivity contribution in [3.05, 3.63) is 24.3 Å². The molecule has 0 radical (unpaired) electrons. The summed E-state index contributed by atoms with van der Waals surface area (Å²) in [6.45, 7) is 2.88. The van der Waals surface area contributed by atoms with E-state index in [2.05, 4.69) is 5.32 Å². The fourth-order valence-corrected chi connectivity index (χ4v) is 1.53. The number of methoxy groups -OCH3 is 2. The van der Waals surface area contributed by atoms with Gasteiger partial charge in [-0.2, -0.15) is 0 Å². The van der Waals surface area contributed by atoms with Crippen LogP contribution in [0.2, 0.25) is 0 Å². The number of carbonyl (C=O) groups is 1. The van der Waals surface area contributed by atoms with Gasteiger partial charge in [-0.3, -0.25) is 4.79 Å². The molecule has 19 heavy (non-hydrogen) atoms. The third-order valence-electron chi connectivity index (χ3n) is 2.61. The van der Waals surface area contributed by atoms with Crippen molar-refractivity contribution in [1.82, 2.24) is 5.32 Å². The SMILES string of the molecule is CC[C@@H](Oc1ccc(OC)cc1)C(=O)NCCOC. The Labute approximate surface area is 113 Å². The summed E-state index contributed by atoms with van der Waals surface area (Å²) in [7, 11) is 3.20. The second-order valence-corrected chi connectivity index (χ2v) is 3.97. The van der Waals surface area contributed by atoms with Crippen LogP contribution in [0.1, 0.15) is 13.3 Å². The molecule has 0 fully saturated rings. The van der Waals surface area contributed by atoms with Gasteiger partial charge in [-0.05, 0) is 30.7 Å². The lowest BCUT2D eigenvalue weighted by atomic mass is 10.2. The average Bonchev–Trinajstić information content (AvgIpc) is 2.45. The van der Waals surface area contributed by atoms with Crippen molar-refractivity contribution in [3.8, 4) is 11.5 Å². The average molecular weight is 267 g/mol.